The number of hydrogen-bond donors (Lipinski definition) is 0. The number of aromatic nitrogens is 1. The minimum atomic E-state index is 1.10. The standard InChI is InChI=1S/C52H34N2S/c1-3-13-36(14-4-1)42-17-7-10-20-47(42)53(41-29-31-49-46(34-41)44-18-8-11-21-48(44)54(49)39-15-5-2-6-16-39)40-27-23-35(24-28-40)37-25-30-43-38(33-37)26-32-51-52(43)45-19-9-12-22-50(45)55-51/h1-34H. The molecule has 0 amide bonds. The third-order valence-corrected chi connectivity index (χ3v) is 12.1. The molecule has 2 nitrogen and oxygen atoms in total. The summed E-state index contributed by atoms with van der Waals surface area (Å²) in [5.74, 6) is 0. The van der Waals surface area contributed by atoms with Gasteiger partial charge in [0.05, 0.1) is 16.7 Å². The van der Waals surface area contributed by atoms with Gasteiger partial charge in [-0.25, -0.2) is 0 Å². The third kappa shape index (κ3) is 5.24. The Kier molecular flexibility index (Phi) is 7.39. The predicted octanol–water partition coefficient (Wildman–Crippen LogP) is 15.1. The third-order valence-electron chi connectivity index (χ3n) is 11.0. The van der Waals surface area contributed by atoms with E-state index in [4.69, 9.17) is 0 Å². The fourth-order valence-corrected chi connectivity index (χ4v) is 9.57. The first-order valence-corrected chi connectivity index (χ1v) is 19.6. The molecule has 0 aliphatic heterocycles. The van der Waals surface area contributed by atoms with Gasteiger partial charge in [0.25, 0.3) is 0 Å². The molecule has 3 heteroatoms. The summed E-state index contributed by atoms with van der Waals surface area (Å²) in [6.07, 6.45) is 0. The van der Waals surface area contributed by atoms with Crippen LogP contribution < -0.4 is 4.90 Å². The lowest BCUT2D eigenvalue weighted by molar-refractivity contribution is 1.18. The van der Waals surface area contributed by atoms with Crippen LogP contribution in [0.2, 0.25) is 0 Å². The number of thiophene rings is 1. The molecular formula is C52H34N2S. The van der Waals surface area contributed by atoms with Crippen molar-refractivity contribution >= 4 is 81.1 Å². The van der Waals surface area contributed by atoms with E-state index in [2.05, 4.69) is 216 Å². The zero-order valence-corrected chi connectivity index (χ0v) is 30.7. The van der Waals surface area contributed by atoms with Gasteiger partial charge in [-0.3, -0.25) is 0 Å². The first-order valence-electron chi connectivity index (χ1n) is 18.8. The van der Waals surface area contributed by atoms with E-state index in [1.54, 1.807) is 0 Å². The van der Waals surface area contributed by atoms with Crippen LogP contribution in [0.1, 0.15) is 0 Å². The summed E-state index contributed by atoms with van der Waals surface area (Å²) >= 11 is 1.87. The van der Waals surface area contributed by atoms with Gasteiger partial charge in [-0.2, -0.15) is 0 Å². The van der Waals surface area contributed by atoms with Crippen molar-refractivity contribution in [2.75, 3.05) is 4.90 Å². The highest BCUT2D eigenvalue weighted by Crippen LogP contribution is 2.44. The van der Waals surface area contributed by atoms with E-state index in [1.165, 1.54) is 75.0 Å². The summed E-state index contributed by atoms with van der Waals surface area (Å²) in [5.41, 5.74) is 11.7. The fourth-order valence-electron chi connectivity index (χ4n) is 8.45. The van der Waals surface area contributed by atoms with Crippen molar-refractivity contribution < 1.29 is 0 Å². The van der Waals surface area contributed by atoms with Gasteiger partial charge in [0, 0.05) is 53.6 Å². The molecule has 0 aliphatic carbocycles. The van der Waals surface area contributed by atoms with Gasteiger partial charge in [-0.05, 0) is 100 Å². The van der Waals surface area contributed by atoms with Crippen molar-refractivity contribution in [2.45, 2.75) is 0 Å². The highest BCUT2D eigenvalue weighted by molar-refractivity contribution is 7.26. The SMILES string of the molecule is c1ccc(-c2ccccc2N(c2ccc(-c3ccc4c(ccc5sc6ccccc6c54)c3)cc2)c2ccc3c(c2)c2ccccc2n3-c2ccccc2)cc1. The van der Waals surface area contributed by atoms with Crippen molar-refractivity contribution in [3.63, 3.8) is 0 Å². The molecule has 11 aromatic rings. The molecular weight excluding hydrogens is 685 g/mol. The Morgan fingerprint density at radius 2 is 1.05 bits per heavy atom. The minimum Gasteiger partial charge on any atom is -0.310 e. The van der Waals surface area contributed by atoms with Gasteiger partial charge in [0.2, 0.25) is 0 Å². The molecule has 2 aromatic heterocycles. The lowest BCUT2D eigenvalue weighted by Crippen LogP contribution is -2.11. The Morgan fingerprint density at radius 1 is 0.382 bits per heavy atom. The highest BCUT2D eigenvalue weighted by atomic mass is 32.1. The topological polar surface area (TPSA) is 8.17 Å². The minimum absolute atomic E-state index is 1.10. The van der Waals surface area contributed by atoms with Crippen LogP contribution in [0.15, 0.2) is 206 Å². The predicted molar refractivity (Wildman–Crippen MR) is 237 cm³/mol. The molecule has 0 fully saturated rings. The van der Waals surface area contributed by atoms with E-state index in [0.717, 1.165) is 22.7 Å². The Bertz CT molecular complexity index is 3190. The maximum atomic E-state index is 2.42. The van der Waals surface area contributed by atoms with Gasteiger partial charge >= 0.3 is 0 Å². The van der Waals surface area contributed by atoms with Crippen molar-refractivity contribution in [3.8, 4) is 27.9 Å². The summed E-state index contributed by atoms with van der Waals surface area (Å²) in [5, 5.41) is 7.72. The number of benzene rings is 9. The summed E-state index contributed by atoms with van der Waals surface area (Å²) in [6.45, 7) is 0. The lowest BCUT2D eigenvalue weighted by atomic mass is 9.98. The largest absolute Gasteiger partial charge is 0.310 e. The summed E-state index contributed by atoms with van der Waals surface area (Å²) < 4.78 is 5.05. The Hall–Kier alpha value is -6.94. The molecule has 0 saturated carbocycles. The average molecular weight is 719 g/mol. The Balaban J connectivity index is 1.06. The molecule has 0 N–H and O–H groups in total. The quantitative estimate of drug-likeness (QED) is 0.166. The van der Waals surface area contributed by atoms with Crippen molar-refractivity contribution in [1.29, 1.82) is 0 Å². The van der Waals surface area contributed by atoms with Gasteiger partial charge in [-0.15, -0.1) is 11.3 Å². The number of para-hydroxylation sites is 3. The molecule has 0 bridgehead atoms. The van der Waals surface area contributed by atoms with Gasteiger partial charge in [0.1, 0.15) is 0 Å². The number of nitrogens with zero attached hydrogens (tertiary/aromatic N) is 2. The van der Waals surface area contributed by atoms with Crippen molar-refractivity contribution in [1.82, 2.24) is 4.57 Å². The first-order chi connectivity index (χ1) is 27.3. The molecule has 0 spiro atoms. The van der Waals surface area contributed by atoms with Gasteiger partial charge < -0.3 is 9.47 Å². The fraction of sp³-hybridized carbons (Fsp3) is 0. The molecule has 258 valence electrons. The van der Waals surface area contributed by atoms with Crippen molar-refractivity contribution in [3.05, 3.63) is 206 Å². The van der Waals surface area contributed by atoms with Crippen LogP contribution in [0, 0.1) is 0 Å². The second-order valence-corrected chi connectivity index (χ2v) is 15.2. The van der Waals surface area contributed by atoms with Crippen LogP contribution in [0.5, 0.6) is 0 Å². The van der Waals surface area contributed by atoms with Gasteiger partial charge in [-0.1, -0.05) is 133 Å². The second kappa shape index (κ2) is 12.9. The van der Waals surface area contributed by atoms with Crippen LogP contribution in [0.4, 0.5) is 17.1 Å². The molecule has 0 aliphatic rings. The number of anilines is 3. The molecule has 11 rings (SSSR count). The van der Waals surface area contributed by atoms with E-state index in [0.29, 0.717) is 0 Å². The van der Waals surface area contributed by atoms with Crippen LogP contribution in [0.3, 0.4) is 0 Å². The number of fused-ring (bicyclic) bond motifs is 8. The highest BCUT2D eigenvalue weighted by Gasteiger charge is 2.20. The maximum Gasteiger partial charge on any atom is 0.0542 e. The first kappa shape index (κ1) is 31.6. The zero-order valence-electron chi connectivity index (χ0n) is 29.9. The van der Waals surface area contributed by atoms with E-state index >= 15 is 0 Å². The molecule has 0 saturated heterocycles. The molecule has 55 heavy (non-hydrogen) atoms. The zero-order chi connectivity index (χ0) is 36.3. The molecule has 0 unspecified atom stereocenters. The number of hydrogen-bond acceptors (Lipinski definition) is 2. The van der Waals surface area contributed by atoms with Crippen molar-refractivity contribution in [2.24, 2.45) is 0 Å². The summed E-state index contributed by atoms with van der Waals surface area (Å²) in [4.78, 5) is 2.42. The van der Waals surface area contributed by atoms with E-state index in [-0.39, 0.29) is 0 Å². The molecule has 2 heterocycles. The normalized spacial score (nSPS) is 11.6. The Morgan fingerprint density at radius 3 is 1.91 bits per heavy atom. The van der Waals surface area contributed by atoms with Gasteiger partial charge in [0.15, 0.2) is 0 Å². The maximum absolute atomic E-state index is 2.42. The van der Waals surface area contributed by atoms with Crippen LogP contribution in [-0.2, 0) is 0 Å². The van der Waals surface area contributed by atoms with E-state index in [9.17, 15) is 0 Å². The summed E-state index contributed by atoms with van der Waals surface area (Å²) in [6, 6.07) is 75.1. The lowest BCUT2D eigenvalue weighted by Gasteiger charge is -2.28. The Labute approximate surface area is 323 Å². The van der Waals surface area contributed by atoms with Crippen LogP contribution in [0.25, 0.3) is 80.7 Å². The molecule has 0 radical (unpaired) electrons. The van der Waals surface area contributed by atoms with E-state index < -0.39 is 0 Å². The monoisotopic (exact) mass is 718 g/mol. The van der Waals surface area contributed by atoms with Crippen LogP contribution in [-0.4, -0.2) is 4.57 Å². The number of rotatable bonds is 6. The summed E-state index contributed by atoms with van der Waals surface area (Å²) in [7, 11) is 0. The average Bonchev–Trinajstić information content (AvgIpc) is 3.81. The molecule has 0 atom stereocenters. The van der Waals surface area contributed by atoms with E-state index in [1.807, 2.05) is 11.3 Å². The smallest absolute Gasteiger partial charge is 0.0542 e. The molecule has 9 aromatic carbocycles. The second-order valence-electron chi connectivity index (χ2n) is 14.1. The van der Waals surface area contributed by atoms with Crippen LogP contribution >= 0.6 is 11.3 Å².